The van der Waals surface area contributed by atoms with Gasteiger partial charge in [0.1, 0.15) is 11.7 Å². The molecule has 5 rings (SSSR count). The maximum Gasteiger partial charge on any atom is 0.312 e. The summed E-state index contributed by atoms with van der Waals surface area (Å²) in [5.41, 5.74) is -2.94. The van der Waals surface area contributed by atoms with Gasteiger partial charge in [-0.3, -0.25) is 14.4 Å². The molecule has 0 amide bonds. The third kappa shape index (κ3) is 3.10. The standard InChI is InChI=1S/C31H41NO5/c1-26(2)10-12-31(25(35)37-7)13-11-29(5)23(19(31)16-26)20(33)14-22-27(3)15-18(17-32)24(34)30(6,36)21(27)8-9-28(22,29)4/h14-15,19,21,23,36H,8-13,16H2,1-7H3/t19?,21?,23?,27-,28+,29+,30-,31-/m0/s1. The van der Waals surface area contributed by atoms with E-state index >= 15 is 0 Å². The molecular weight excluding hydrogens is 466 g/mol. The van der Waals surface area contributed by atoms with E-state index in [2.05, 4.69) is 27.7 Å². The van der Waals surface area contributed by atoms with Gasteiger partial charge in [0.15, 0.2) is 5.78 Å². The molecule has 0 bridgehead atoms. The molecule has 37 heavy (non-hydrogen) atoms. The lowest BCUT2D eigenvalue weighted by molar-refractivity contribution is -0.192. The first kappa shape index (κ1) is 26.4. The van der Waals surface area contributed by atoms with Crippen LogP contribution in [-0.4, -0.2) is 35.4 Å². The molecule has 0 aromatic carbocycles. The van der Waals surface area contributed by atoms with Crippen molar-refractivity contribution >= 4 is 17.5 Å². The molecule has 0 aromatic heterocycles. The quantitative estimate of drug-likeness (QED) is 0.495. The van der Waals surface area contributed by atoms with Gasteiger partial charge in [0, 0.05) is 17.3 Å². The second-order valence-electron chi connectivity index (χ2n) is 14.3. The lowest BCUT2D eigenvalue weighted by Gasteiger charge is -2.68. The van der Waals surface area contributed by atoms with Crippen LogP contribution >= 0.6 is 0 Å². The highest BCUT2D eigenvalue weighted by molar-refractivity contribution is 6.06. The van der Waals surface area contributed by atoms with Crippen molar-refractivity contribution in [3.05, 3.63) is 23.3 Å². The van der Waals surface area contributed by atoms with E-state index < -0.39 is 33.5 Å². The summed E-state index contributed by atoms with van der Waals surface area (Å²) in [7, 11) is 1.46. The van der Waals surface area contributed by atoms with Crippen LogP contribution in [0.2, 0.25) is 0 Å². The van der Waals surface area contributed by atoms with Gasteiger partial charge in [-0.05, 0) is 80.1 Å². The van der Waals surface area contributed by atoms with Gasteiger partial charge in [0.05, 0.1) is 18.1 Å². The van der Waals surface area contributed by atoms with Gasteiger partial charge in [-0.1, -0.05) is 46.3 Å². The van der Waals surface area contributed by atoms with Gasteiger partial charge in [-0.15, -0.1) is 0 Å². The molecule has 3 saturated carbocycles. The summed E-state index contributed by atoms with van der Waals surface area (Å²) in [5, 5.41) is 21.1. The minimum atomic E-state index is -1.67. The van der Waals surface area contributed by atoms with Crippen molar-refractivity contribution in [2.24, 2.45) is 44.8 Å². The van der Waals surface area contributed by atoms with E-state index in [1.807, 2.05) is 13.0 Å². The van der Waals surface area contributed by atoms with Gasteiger partial charge < -0.3 is 9.84 Å². The van der Waals surface area contributed by atoms with Gasteiger partial charge in [-0.25, -0.2) is 0 Å². The number of hydrogen-bond acceptors (Lipinski definition) is 6. The van der Waals surface area contributed by atoms with Crippen molar-refractivity contribution in [3.8, 4) is 6.07 Å². The molecule has 0 spiro atoms. The van der Waals surface area contributed by atoms with Crippen molar-refractivity contribution in [2.75, 3.05) is 7.11 Å². The van der Waals surface area contributed by atoms with E-state index in [9.17, 15) is 24.8 Å². The number of carbonyl (C=O) groups is 3. The van der Waals surface area contributed by atoms with Crippen molar-refractivity contribution < 1.29 is 24.2 Å². The van der Waals surface area contributed by atoms with Gasteiger partial charge in [-0.2, -0.15) is 5.26 Å². The topological polar surface area (TPSA) is 104 Å². The van der Waals surface area contributed by atoms with Crippen LogP contribution in [0.3, 0.4) is 0 Å². The van der Waals surface area contributed by atoms with Crippen molar-refractivity contribution in [3.63, 3.8) is 0 Å². The molecule has 5 aliphatic rings. The highest BCUT2D eigenvalue weighted by atomic mass is 16.5. The largest absolute Gasteiger partial charge is 0.469 e. The number of hydrogen-bond donors (Lipinski definition) is 1. The molecule has 3 unspecified atom stereocenters. The molecule has 200 valence electrons. The molecular formula is C31H41NO5. The Morgan fingerprint density at radius 2 is 1.70 bits per heavy atom. The monoisotopic (exact) mass is 507 g/mol. The summed E-state index contributed by atoms with van der Waals surface area (Å²) in [6.45, 7) is 12.5. The maximum absolute atomic E-state index is 14.3. The fourth-order valence-electron chi connectivity index (χ4n) is 9.87. The lowest BCUT2D eigenvalue weighted by Crippen LogP contribution is -2.66. The first-order chi connectivity index (χ1) is 17.0. The summed E-state index contributed by atoms with van der Waals surface area (Å²) in [5.74, 6) is -1.49. The number of fused-ring (bicyclic) bond motifs is 7. The molecule has 0 heterocycles. The number of carbonyl (C=O) groups excluding carboxylic acids is 3. The Morgan fingerprint density at radius 1 is 1.05 bits per heavy atom. The molecule has 5 aliphatic carbocycles. The molecule has 6 heteroatoms. The SMILES string of the molecule is COC(=O)[C@]12CCC(C)(C)CC1C1C(=O)C=C3[C@@]4(C)C=C(C#N)C(=O)[C@@](C)(O)C4CC[C@@]3(C)[C@]1(C)CC2. The molecule has 0 aliphatic heterocycles. The average Bonchev–Trinajstić information content (AvgIpc) is 2.82. The van der Waals surface area contributed by atoms with E-state index in [0.717, 1.165) is 37.7 Å². The zero-order valence-electron chi connectivity index (χ0n) is 23.4. The van der Waals surface area contributed by atoms with Gasteiger partial charge >= 0.3 is 5.97 Å². The molecule has 1 N–H and O–H groups in total. The Kier molecular flexibility index (Phi) is 5.45. The second kappa shape index (κ2) is 7.65. The zero-order chi connectivity index (χ0) is 27.4. The molecule has 0 radical (unpaired) electrons. The molecule has 6 nitrogen and oxygen atoms in total. The summed E-state index contributed by atoms with van der Waals surface area (Å²) in [6.07, 6.45) is 8.76. The molecule has 0 aromatic rings. The summed E-state index contributed by atoms with van der Waals surface area (Å²) in [4.78, 5) is 40.6. The maximum atomic E-state index is 14.3. The molecule has 3 fully saturated rings. The Morgan fingerprint density at radius 3 is 2.32 bits per heavy atom. The second-order valence-corrected chi connectivity index (χ2v) is 14.3. The van der Waals surface area contributed by atoms with Crippen molar-refractivity contribution in [1.82, 2.24) is 0 Å². The van der Waals surface area contributed by atoms with Crippen LogP contribution in [0.1, 0.15) is 86.5 Å². The summed E-state index contributed by atoms with van der Waals surface area (Å²) >= 11 is 0. The predicted molar refractivity (Wildman–Crippen MR) is 138 cm³/mol. The highest BCUT2D eigenvalue weighted by Crippen LogP contribution is 2.74. The van der Waals surface area contributed by atoms with Crippen LogP contribution in [0.25, 0.3) is 0 Å². The Labute approximate surface area is 220 Å². The van der Waals surface area contributed by atoms with E-state index in [1.54, 1.807) is 12.2 Å². The van der Waals surface area contributed by atoms with Crippen LogP contribution in [0, 0.1) is 56.2 Å². The Balaban J connectivity index is 1.71. The average molecular weight is 508 g/mol. The number of allylic oxidation sites excluding steroid dienone is 3. The first-order valence-electron chi connectivity index (χ1n) is 13.8. The highest BCUT2D eigenvalue weighted by Gasteiger charge is 2.71. The minimum Gasteiger partial charge on any atom is -0.469 e. The number of ether oxygens (including phenoxy) is 1. The number of esters is 1. The van der Waals surface area contributed by atoms with Crippen LogP contribution in [0.4, 0.5) is 0 Å². The number of Topliss-reactive ketones (excluding diaryl/α,β-unsaturated/α-hetero) is 1. The fourth-order valence-corrected chi connectivity index (χ4v) is 9.87. The molecule has 0 saturated heterocycles. The first-order valence-corrected chi connectivity index (χ1v) is 13.8. The third-order valence-electron chi connectivity index (χ3n) is 12.1. The predicted octanol–water partition coefficient (Wildman–Crippen LogP) is 5.10. The number of aliphatic hydroxyl groups is 1. The van der Waals surface area contributed by atoms with E-state index in [1.165, 1.54) is 14.0 Å². The van der Waals surface area contributed by atoms with Crippen LogP contribution in [0.5, 0.6) is 0 Å². The summed E-state index contributed by atoms with van der Waals surface area (Å²) in [6, 6.07) is 2.01. The van der Waals surface area contributed by atoms with E-state index in [0.29, 0.717) is 12.8 Å². The van der Waals surface area contributed by atoms with Crippen LogP contribution in [0.15, 0.2) is 23.3 Å². The number of ketones is 2. The van der Waals surface area contributed by atoms with Crippen LogP contribution in [-0.2, 0) is 19.1 Å². The van der Waals surface area contributed by atoms with E-state index in [4.69, 9.17) is 4.74 Å². The van der Waals surface area contributed by atoms with Crippen LogP contribution < -0.4 is 0 Å². The minimum absolute atomic E-state index is 0.0299. The lowest BCUT2D eigenvalue weighted by atomic mass is 9.34. The third-order valence-corrected chi connectivity index (χ3v) is 12.1. The Hall–Kier alpha value is -2.26. The van der Waals surface area contributed by atoms with Crippen molar-refractivity contribution in [1.29, 1.82) is 5.26 Å². The number of rotatable bonds is 1. The number of nitriles is 1. The zero-order valence-corrected chi connectivity index (χ0v) is 23.4. The Bertz CT molecular complexity index is 1200. The van der Waals surface area contributed by atoms with Gasteiger partial charge in [0.2, 0.25) is 5.78 Å². The summed E-state index contributed by atoms with van der Waals surface area (Å²) < 4.78 is 5.38. The smallest absolute Gasteiger partial charge is 0.312 e. The van der Waals surface area contributed by atoms with Crippen molar-refractivity contribution in [2.45, 2.75) is 92.1 Å². The normalized spacial score (nSPS) is 48.2. The van der Waals surface area contributed by atoms with E-state index in [-0.39, 0.29) is 40.0 Å². The fraction of sp³-hybridized carbons (Fsp3) is 0.742. The number of nitrogens with zero attached hydrogens (tertiary/aromatic N) is 1. The molecule has 8 atom stereocenters. The van der Waals surface area contributed by atoms with Gasteiger partial charge in [0.25, 0.3) is 0 Å². The number of methoxy groups -OCH3 is 1.